The molecular formula is C29H58. The third kappa shape index (κ3) is 23.9. The second-order valence-electron chi connectivity index (χ2n) is 10.0. The molecule has 2 unspecified atom stereocenters. The van der Waals surface area contributed by atoms with E-state index < -0.39 is 0 Å². The summed E-state index contributed by atoms with van der Waals surface area (Å²) in [5, 5.41) is 0. The van der Waals surface area contributed by atoms with Gasteiger partial charge in [-0.1, -0.05) is 149 Å². The molecule has 0 radical (unpaired) electrons. The molecule has 0 N–H and O–H groups in total. The van der Waals surface area contributed by atoms with E-state index in [9.17, 15) is 0 Å². The van der Waals surface area contributed by atoms with Crippen molar-refractivity contribution in [1.29, 1.82) is 0 Å². The molecule has 0 saturated carbocycles. The van der Waals surface area contributed by atoms with Crippen molar-refractivity contribution >= 4 is 0 Å². The quantitative estimate of drug-likeness (QED) is 0.117. The van der Waals surface area contributed by atoms with Gasteiger partial charge in [0.05, 0.1) is 0 Å². The zero-order chi connectivity index (χ0) is 21.4. The molecule has 0 aliphatic rings. The Morgan fingerprint density at radius 2 is 0.724 bits per heavy atom. The molecule has 0 fully saturated rings. The van der Waals surface area contributed by atoms with E-state index in [0.717, 1.165) is 11.8 Å². The van der Waals surface area contributed by atoms with Crippen LogP contribution in [0.2, 0.25) is 0 Å². The SMILES string of the molecule is CCCCCCCC(C)CCCCC=CCCCCCCC(C)CCCCCC. The Kier molecular flexibility index (Phi) is 23.8. The number of hydrogen-bond acceptors (Lipinski definition) is 0. The minimum atomic E-state index is 0.944. The van der Waals surface area contributed by atoms with Crippen molar-refractivity contribution < 1.29 is 0 Å². The summed E-state index contributed by atoms with van der Waals surface area (Å²) in [6.07, 6.45) is 34.7. The van der Waals surface area contributed by atoms with E-state index in [4.69, 9.17) is 0 Å². The molecule has 0 aromatic heterocycles. The van der Waals surface area contributed by atoms with Crippen LogP contribution in [-0.2, 0) is 0 Å². The van der Waals surface area contributed by atoms with Crippen LogP contribution in [0, 0.1) is 11.8 Å². The monoisotopic (exact) mass is 406 g/mol. The van der Waals surface area contributed by atoms with Gasteiger partial charge >= 0.3 is 0 Å². The average Bonchev–Trinajstić information content (AvgIpc) is 2.72. The third-order valence-electron chi connectivity index (χ3n) is 6.65. The Morgan fingerprint density at radius 3 is 1.17 bits per heavy atom. The maximum Gasteiger partial charge on any atom is -0.0351 e. The van der Waals surface area contributed by atoms with Gasteiger partial charge in [0, 0.05) is 0 Å². The van der Waals surface area contributed by atoms with E-state index in [0.29, 0.717) is 0 Å². The molecule has 29 heavy (non-hydrogen) atoms. The maximum atomic E-state index is 2.46. The predicted octanol–water partition coefficient (Wildman–Crippen LogP) is 11.0. The van der Waals surface area contributed by atoms with Gasteiger partial charge in [0.25, 0.3) is 0 Å². The van der Waals surface area contributed by atoms with E-state index in [1.165, 1.54) is 135 Å². The van der Waals surface area contributed by atoms with E-state index in [1.54, 1.807) is 0 Å². The average molecular weight is 407 g/mol. The standard InChI is InChI=1S/C29H58/c1-5-7-9-17-21-25-29(4)27-23-19-16-14-12-11-13-15-18-22-26-28(3)24-20-10-8-6-2/h12,14,28-29H,5-11,13,15-27H2,1-4H3. The molecule has 0 heteroatoms. The molecule has 0 amide bonds. The number of allylic oxidation sites excluding steroid dienone is 2. The van der Waals surface area contributed by atoms with Gasteiger partial charge < -0.3 is 0 Å². The number of rotatable bonds is 23. The summed E-state index contributed by atoms with van der Waals surface area (Å²) >= 11 is 0. The Labute approximate surface area is 186 Å². The van der Waals surface area contributed by atoms with Crippen LogP contribution in [0.4, 0.5) is 0 Å². The van der Waals surface area contributed by atoms with Gasteiger partial charge in [-0.25, -0.2) is 0 Å². The van der Waals surface area contributed by atoms with Gasteiger partial charge in [-0.05, 0) is 37.5 Å². The van der Waals surface area contributed by atoms with Crippen LogP contribution in [0.15, 0.2) is 12.2 Å². The van der Waals surface area contributed by atoms with Crippen molar-refractivity contribution in [3.8, 4) is 0 Å². The summed E-state index contributed by atoms with van der Waals surface area (Å²) in [4.78, 5) is 0. The predicted molar refractivity (Wildman–Crippen MR) is 136 cm³/mol. The fourth-order valence-electron chi connectivity index (χ4n) is 4.40. The fraction of sp³-hybridized carbons (Fsp3) is 0.931. The minimum absolute atomic E-state index is 0.944. The topological polar surface area (TPSA) is 0 Å². The largest absolute Gasteiger partial charge is 0.0885 e. The van der Waals surface area contributed by atoms with Crippen molar-refractivity contribution in [2.75, 3.05) is 0 Å². The Balaban J connectivity index is 3.28. The lowest BCUT2D eigenvalue weighted by atomic mass is 9.96. The van der Waals surface area contributed by atoms with Crippen LogP contribution >= 0.6 is 0 Å². The molecular weight excluding hydrogens is 348 g/mol. The van der Waals surface area contributed by atoms with Gasteiger partial charge in [-0.2, -0.15) is 0 Å². The van der Waals surface area contributed by atoms with Crippen LogP contribution < -0.4 is 0 Å². The Hall–Kier alpha value is -0.260. The molecule has 0 bridgehead atoms. The third-order valence-corrected chi connectivity index (χ3v) is 6.65. The molecule has 0 spiro atoms. The lowest BCUT2D eigenvalue weighted by Crippen LogP contribution is -1.95. The van der Waals surface area contributed by atoms with Gasteiger partial charge in [0.15, 0.2) is 0 Å². The highest BCUT2D eigenvalue weighted by atomic mass is 14.1. The van der Waals surface area contributed by atoms with Crippen LogP contribution in [0.1, 0.15) is 163 Å². The summed E-state index contributed by atoms with van der Waals surface area (Å²) < 4.78 is 0. The highest BCUT2D eigenvalue weighted by molar-refractivity contribution is 4.81. The van der Waals surface area contributed by atoms with Crippen LogP contribution in [0.5, 0.6) is 0 Å². The second kappa shape index (κ2) is 24.0. The zero-order valence-corrected chi connectivity index (χ0v) is 21.2. The van der Waals surface area contributed by atoms with E-state index in [-0.39, 0.29) is 0 Å². The van der Waals surface area contributed by atoms with Crippen molar-refractivity contribution in [2.24, 2.45) is 11.8 Å². The van der Waals surface area contributed by atoms with E-state index in [1.807, 2.05) is 0 Å². The molecule has 0 aromatic carbocycles. The molecule has 0 aliphatic heterocycles. The zero-order valence-electron chi connectivity index (χ0n) is 21.2. The maximum absolute atomic E-state index is 2.46. The first kappa shape index (κ1) is 28.7. The van der Waals surface area contributed by atoms with Gasteiger partial charge in [0.1, 0.15) is 0 Å². The fourth-order valence-corrected chi connectivity index (χ4v) is 4.40. The molecule has 0 aromatic rings. The highest BCUT2D eigenvalue weighted by Crippen LogP contribution is 2.19. The number of unbranched alkanes of at least 4 members (excludes halogenated alkanes) is 13. The van der Waals surface area contributed by atoms with E-state index in [2.05, 4.69) is 39.8 Å². The smallest absolute Gasteiger partial charge is 0.0351 e. The molecule has 0 heterocycles. The Morgan fingerprint density at radius 1 is 0.414 bits per heavy atom. The first-order valence-electron chi connectivity index (χ1n) is 13.9. The van der Waals surface area contributed by atoms with Crippen LogP contribution in [-0.4, -0.2) is 0 Å². The summed E-state index contributed by atoms with van der Waals surface area (Å²) in [5.74, 6) is 1.90. The normalized spacial score (nSPS) is 13.9. The van der Waals surface area contributed by atoms with Crippen LogP contribution in [0.25, 0.3) is 0 Å². The van der Waals surface area contributed by atoms with Crippen LogP contribution in [0.3, 0.4) is 0 Å². The molecule has 0 nitrogen and oxygen atoms in total. The van der Waals surface area contributed by atoms with Gasteiger partial charge in [0.2, 0.25) is 0 Å². The second-order valence-corrected chi connectivity index (χ2v) is 10.0. The molecule has 0 aliphatic carbocycles. The lowest BCUT2D eigenvalue weighted by Gasteiger charge is -2.10. The van der Waals surface area contributed by atoms with Crippen molar-refractivity contribution in [1.82, 2.24) is 0 Å². The molecule has 174 valence electrons. The summed E-state index contributed by atoms with van der Waals surface area (Å²) in [5.41, 5.74) is 0. The van der Waals surface area contributed by atoms with Crippen molar-refractivity contribution in [3.05, 3.63) is 12.2 Å². The summed E-state index contributed by atoms with van der Waals surface area (Å²) in [6, 6.07) is 0. The molecule has 0 saturated heterocycles. The summed E-state index contributed by atoms with van der Waals surface area (Å²) in [6.45, 7) is 9.53. The van der Waals surface area contributed by atoms with Crippen molar-refractivity contribution in [2.45, 2.75) is 163 Å². The van der Waals surface area contributed by atoms with E-state index >= 15 is 0 Å². The first-order chi connectivity index (χ1) is 14.2. The van der Waals surface area contributed by atoms with Gasteiger partial charge in [-0.3, -0.25) is 0 Å². The Bertz CT molecular complexity index is 316. The first-order valence-corrected chi connectivity index (χ1v) is 13.9. The summed E-state index contributed by atoms with van der Waals surface area (Å²) in [7, 11) is 0. The molecule has 0 rings (SSSR count). The molecule has 2 atom stereocenters. The van der Waals surface area contributed by atoms with Crippen molar-refractivity contribution in [3.63, 3.8) is 0 Å². The van der Waals surface area contributed by atoms with Gasteiger partial charge in [-0.15, -0.1) is 0 Å². The number of hydrogen-bond donors (Lipinski definition) is 0. The minimum Gasteiger partial charge on any atom is -0.0885 e. The lowest BCUT2D eigenvalue weighted by molar-refractivity contribution is 0.435. The highest BCUT2D eigenvalue weighted by Gasteiger charge is 2.02.